The Kier molecular flexibility index (Phi) is 6.76. The summed E-state index contributed by atoms with van der Waals surface area (Å²) >= 11 is 0. The molecule has 0 fully saturated rings. The van der Waals surface area contributed by atoms with Crippen LogP contribution in [0, 0.1) is 0 Å². The molecule has 0 radical (unpaired) electrons. The largest absolute Gasteiger partial charge is 0.466 e. The smallest absolute Gasteiger partial charge is 0.305 e. The van der Waals surface area contributed by atoms with Crippen LogP contribution in [0.25, 0.3) is 0 Å². The number of nitrogens with zero attached hydrogens (tertiary/aromatic N) is 2. The van der Waals surface area contributed by atoms with E-state index >= 15 is 0 Å². The van der Waals surface area contributed by atoms with Crippen molar-refractivity contribution >= 4 is 17.6 Å². The van der Waals surface area contributed by atoms with Crippen LogP contribution in [0.1, 0.15) is 45.4 Å². The molecule has 0 bridgehead atoms. The van der Waals surface area contributed by atoms with E-state index in [9.17, 15) is 4.79 Å². The lowest BCUT2D eigenvalue weighted by atomic mass is 10.2. The molecule has 0 unspecified atom stereocenters. The van der Waals surface area contributed by atoms with Gasteiger partial charge in [-0.3, -0.25) is 4.79 Å². The Hall–Kier alpha value is -1.85. The number of esters is 1. The van der Waals surface area contributed by atoms with Crippen LogP contribution in [0.5, 0.6) is 0 Å². The van der Waals surface area contributed by atoms with Crippen molar-refractivity contribution < 1.29 is 9.53 Å². The van der Waals surface area contributed by atoms with Crippen LogP contribution < -0.4 is 10.6 Å². The summed E-state index contributed by atoms with van der Waals surface area (Å²) in [5.74, 6) is 2.47. The number of carbonyl (C=O) groups excluding carboxylic acids is 1. The number of hydrogen-bond donors (Lipinski definition) is 2. The average Bonchev–Trinajstić information content (AvgIpc) is 2.43. The lowest BCUT2D eigenvalue weighted by Crippen LogP contribution is -2.11. The normalized spacial score (nSPS) is 10.4. The van der Waals surface area contributed by atoms with Gasteiger partial charge < -0.3 is 15.4 Å². The van der Waals surface area contributed by atoms with Crippen molar-refractivity contribution in [2.75, 3.05) is 30.8 Å². The van der Waals surface area contributed by atoms with E-state index in [2.05, 4.69) is 34.4 Å². The zero-order valence-corrected chi connectivity index (χ0v) is 12.7. The standard InChI is InChI=1S/C14H24N4O2/c1-5-20-13(19)7-6-8-16-12-9-11(15-4)17-14(18-12)10(2)3/h9-10H,5-8H2,1-4H3,(H2,15,16,17,18). The zero-order valence-electron chi connectivity index (χ0n) is 12.7. The molecule has 0 aliphatic heterocycles. The third kappa shape index (κ3) is 5.42. The minimum Gasteiger partial charge on any atom is -0.466 e. The summed E-state index contributed by atoms with van der Waals surface area (Å²) in [5, 5.41) is 6.24. The van der Waals surface area contributed by atoms with Gasteiger partial charge in [-0.1, -0.05) is 13.8 Å². The van der Waals surface area contributed by atoms with E-state index in [0.717, 1.165) is 17.5 Å². The molecule has 20 heavy (non-hydrogen) atoms. The van der Waals surface area contributed by atoms with Gasteiger partial charge in [0, 0.05) is 32.0 Å². The fourth-order valence-electron chi connectivity index (χ4n) is 1.63. The van der Waals surface area contributed by atoms with Gasteiger partial charge in [0.2, 0.25) is 0 Å². The molecule has 1 aromatic rings. The molecule has 1 heterocycles. The fraction of sp³-hybridized carbons (Fsp3) is 0.643. The minimum atomic E-state index is -0.157. The summed E-state index contributed by atoms with van der Waals surface area (Å²) < 4.78 is 4.88. The van der Waals surface area contributed by atoms with Gasteiger partial charge in [-0.25, -0.2) is 9.97 Å². The number of aromatic nitrogens is 2. The lowest BCUT2D eigenvalue weighted by molar-refractivity contribution is -0.143. The van der Waals surface area contributed by atoms with Crippen molar-refractivity contribution in [2.24, 2.45) is 0 Å². The number of rotatable bonds is 8. The molecule has 6 heteroatoms. The van der Waals surface area contributed by atoms with Gasteiger partial charge in [-0.15, -0.1) is 0 Å². The van der Waals surface area contributed by atoms with E-state index in [4.69, 9.17) is 4.74 Å². The summed E-state index contributed by atoms with van der Waals surface area (Å²) in [5.41, 5.74) is 0. The Morgan fingerprint density at radius 1 is 1.35 bits per heavy atom. The van der Waals surface area contributed by atoms with Crippen LogP contribution >= 0.6 is 0 Å². The summed E-state index contributed by atoms with van der Waals surface area (Å²) in [6, 6.07) is 1.86. The van der Waals surface area contributed by atoms with Gasteiger partial charge in [0.05, 0.1) is 6.61 Å². The van der Waals surface area contributed by atoms with Gasteiger partial charge in [0.25, 0.3) is 0 Å². The molecule has 0 saturated heterocycles. The van der Waals surface area contributed by atoms with Crippen LogP contribution in [0.4, 0.5) is 11.6 Å². The highest BCUT2D eigenvalue weighted by Crippen LogP contribution is 2.16. The summed E-state index contributed by atoms with van der Waals surface area (Å²) in [6.45, 7) is 7.03. The van der Waals surface area contributed by atoms with E-state index in [1.807, 2.05) is 20.0 Å². The molecule has 0 aliphatic carbocycles. The number of anilines is 2. The zero-order chi connectivity index (χ0) is 15.0. The third-order valence-corrected chi connectivity index (χ3v) is 2.69. The van der Waals surface area contributed by atoms with Gasteiger partial charge in [-0.2, -0.15) is 0 Å². The minimum absolute atomic E-state index is 0.157. The van der Waals surface area contributed by atoms with E-state index in [-0.39, 0.29) is 11.9 Å². The molecular weight excluding hydrogens is 256 g/mol. The highest BCUT2D eigenvalue weighted by atomic mass is 16.5. The Morgan fingerprint density at radius 2 is 2.05 bits per heavy atom. The number of nitrogens with one attached hydrogen (secondary N) is 2. The van der Waals surface area contributed by atoms with E-state index in [0.29, 0.717) is 26.0 Å². The highest BCUT2D eigenvalue weighted by Gasteiger charge is 2.07. The number of ether oxygens (including phenoxy) is 1. The van der Waals surface area contributed by atoms with Crippen LogP contribution in [0.15, 0.2) is 6.07 Å². The Bertz CT molecular complexity index is 435. The Morgan fingerprint density at radius 3 is 2.65 bits per heavy atom. The highest BCUT2D eigenvalue weighted by molar-refractivity contribution is 5.69. The topological polar surface area (TPSA) is 76.1 Å². The molecule has 6 nitrogen and oxygen atoms in total. The molecule has 0 saturated carbocycles. The van der Waals surface area contributed by atoms with Gasteiger partial charge in [-0.05, 0) is 13.3 Å². The second-order valence-electron chi connectivity index (χ2n) is 4.74. The number of carbonyl (C=O) groups is 1. The summed E-state index contributed by atoms with van der Waals surface area (Å²) in [7, 11) is 1.83. The van der Waals surface area contributed by atoms with E-state index < -0.39 is 0 Å². The monoisotopic (exact) mass is 280 g/mol. The van der Waals surface area contributed by atoms with Crippen LogP contribution in [0.3, 0.4) is 0 Å². The second-order valence-corrected chi connectivity index (χ2v) is 4.74. The van der Waals surface area contributed by atoms with Crippen molar-refractivity contribution in [3.8, 4) is 0 Å². The Balaban J connectivity index is 2.50. The van der Waals surface area contributed by atoms with Crippen molar-refractivity contribution in [3.63, 3.8) is 0 Å². The van der Waals surface area contributed by atoms with Crippen LogP contribution in [-0.2, 0) is 9.53 Å². The summed E-state index contributed by atoms with van der Waals surface area (Å²) in [4.78, 5) is 20.1. The van der Waals surface area contributed by atoms with Gasteiger partial charge in [0.1, 0.15) is 17.5 Å². The van der Waals surface area contributed by atoms with Crippen molar-refractivity contribution in [1.82, 2.24) is 9.97 Å². The molecule has 0 atom stereocenters. The first-order valence-electron chi connectivity index (χ1n) is 7.03. The van der Waals surface area contributed by atoms with Crippen molar-refractivity contribution in [1.29, 1.82) is 0 Å². The molecule has 1 aromatic heterocycles. The van der Waals surface area contributed by atoms with E-state index in [1.165, 1.54) is 0 Å². The molecule has 0 aliphatic rings. The molecule has 0 amide bonds. The van der Waals surface area contributed by atoms with Crippen molar-refractivity contribution in [3.05, 3.63) is 11.9 Å². The number of hydrogen-bond acceptors (Lipinski definition) is 6. The summed E-state index contributed by atoms with van der Waals surface area (Å²) in [6.07, 6.45) is 1.14. The maximum atomic E-state index is 11.2. The SMILES string of the molecule is CCOC(=O)CCCNc1cc(NC)nc(C(C)C)n1. The lowest BCUT2D eigenvalue weighted by Gasteiger charge is -2.11. The first-order valence-corrected chi connectivity index (χ1v) is 7.03. The quantitative estimate of drug-likeness (QED) is 0.562. The van der Waals surface area contributed by atoms with Gasteiger partial charge >= 0.3 is 5.97 Å². The maximum absolute atomic E-state index is 11.2. The van der Waals surface area contributed by atoms with Crippen LogP contribution in [0.2, 0.25) is 0 Å². The second kappa shape index (κ2) is 8.35. The molecular formula is C14H24N4O2. The first kappa shape index (κ1) is 16.2. The van der Waals surface area contributed by atoms with Gasteiger partial charge in [0.15, 0.2) is 0 Å². The first-order chi connectivity index (χ1) is 9.56. The fourth-order valence-corrected chi connectivity index (χ4v) is 1.63. The predicted octanol–water partition coefficient (Wildman–Crippen LogP) is 2.40. The predicted molar refractivity (Wildman–Crippen MR) is 80.0 cm³/mol. The maximum Gasteiger partial charge on any atom is 0.305 e. The van der Waals surface area contributed by atoms with E-state index in [1.54, 1.807) is 0 Å². The average molecular weight is 280 g/mol. The Labute approximate surface area is 120 Å². The molecule has 112 valence electrons. The molecule has 1 rings (SSSR count). The molecule has 0 aromatic carbocycles. The van der Waals surface area contributed by atoms with Crippen LogP contribution in [-0.4, -0.2) is 36.1 Å². The van der Waals surface area contributed by atoms with Crippen molar-refractivity contribution in [2.45, 2.75) is 39.5 Å². The molecule has 2 N–H and O–H groups in total. The molecule has 0 spiro atoms. The third-order valence-electron chi connectivity index (χ3n) is 2.69.